The smallest absolute Gasteiger partial charge is 0.271 e. The lowest BCUT2D eigenvalue weighted by Crippen LogP contribution is -2.37. The number of thiophene rings is 1. The van der Waals surface area contributed by atoms with Crippen molar-refractivity contribution in [3.8, 4) is 10.4 Å². The van der Waals surface area contributed by atoms with Gasteiger partial charge in [-0.3, -0.25) is 19.0 Å². The first-order chi connectivity index (χ1) is 16.2. The predicted octanol–water partition coefficient (Wildman–Crippen LogP) is 4.46. The van der Waals surface area contributed by atoms with Gasteiger partial charge in [0.15, 0.2) is 0 Å². The Morgan fingerprint density at radius 1 is 1.03 bits per heavy atom. The van der Waals surface area contributed by atoms with Crippen LogP contribution in [0, 0.1) is 20.8 Å². The molecular weight excluding hydrogens is 472 g/mol. The van der Waals surface area contributed by atoms with Crippen LogP contribution in [0.1, 0.15) is 16.7 Å². The molecule has 0 aliphatic rings. The molecule has 0 aliphatic carbocycles. The summed E-state index contributed by atoms with van der Waals surface area (Å²) >= 11 is 7.26. The third kappa shape index (κ3) is 5.18. The summed E-state index contributed by atoms with van der Waals surface area (Å²) in [6.07, 6.45) is 1.35. The van der Waals surface area contributed by atoms with Crippen LogP contribution in [-0.2, 0) is 16.1 Å². The number of hydrogen-bond donors (Lipinski definition) is 2. The molecule has 174 valence electrons. The van der Waals surface area contributed by atoms with Gasteiger partial charge in [0.25, 0.3) is 5.56 Å². The molecule has 0 aliphatic heterocycles. The summed E-state index contributed by atoms with van der Waals surface area (Å²) in [6, 6.07) is 13.1. The fourth-order valence-corrected chi connectivity index (χ4v) is 4.96. The maximum absolute atomic E-state index is 12.9. The van der Waals surface area contributed by atoms with E-state index in [4.69, 9.17) is 11.6 Å². The van der Waals surface area contributed by atoms with Crippen LogP contribution in [0.25, 0.3) is 20.7 Å². The number of nitrogens with one attached hydrogen (secondary N) is 2. The van der Waals surface area contributed by atoms with Crippen LogP contribution in [0.5, 0.6) is 0 Å². The Balaban J connectivity index is 1.42. The van der Waals surface area contributed by atoms with Crippen LogP contribution >= 0.6 is 22.9 Å². The Hall–Kier alpha value is -3.49. The molecule has 0 saturated heterocycles. The molecule has 2 aromatic heterocycles. The van der Waals surface area contributed by atoms with Crippen molar-refractivity contribution < 1.29 is 9.59 Å². The van der Waals surface area contributed by atoms with Gasteiger partial charge >= 0.3 is 0 Å². The number of aromatic nitrogens is 2. The number of anilines is 1. The van der Waals surface area contributed by atoms with E-state index in [0.29, 0.717) is 15.2 Å². The van der Waals surface area contributed by atoms with Crippen molar-refractivity contribution in [3.63, 3.8) is 0 Å². The summed E-state index contributed by atoms with van der Waals surface area (Å²) in [6.45, 7) is 5.41. The lowest BCUT2D eigenvalue weighted by atomic mass is 10.1. The summed E-state index contributed by atoms with van der Waals surface area (Å²) < 4.78 is 1.70. The predicted molar refractivity (Wildman–Crippen MR) is 137 cm³/mol. The van der Waals surface area contributed by atoms with E-state index in [-0.39, 0.29) is 24.6 Å². The third-order valence-electron chi connectivity index (χ3n) is 5.33. The monoisotopic (exact) mass is 494 g/mol. The molecule has 0 unspecified atom stereocenters. The maximum atomic E-state index is 12.9. The first-order valence-corrected chi connectivity index (χ1v) is 11.8. The molecule has 9 heteroatoms. The van der Waals surface area contributed by atoms with E-state index in [1.807, 2.05) is 51.1 Å². The van der Waals surface area contributed by atoms with Gasteiger partial charge in [0.2, 0.25) is 11.8 Å². The minimum Gasteiger partial charge on any atom is -0.345 e. The maximum Gasteiger partial charge on any atom is 0.271 e. The molecule has 4 rings (SSSR count). The van der Waals surface area contributed by atoms with Gasteiger partial charge < -0.3 is 10.6 Å². The standard InChI is InChI=1S/C25H23ClN4O3S/c1-14-8-15(2)23(16(3)9-14)29-21(31)11-27-22(32)12-30-13-28-19-10-20(34-24(19)25(30)33)17-4-6-18(26)7-5-17/h4-10,13H,11-12H2,1-3H3,(H,27,32)(H,29,31). The first-order valence-electron chi connectivity index (χ1n) is 10.6. The molecule has 2 aromatic carbocycles. The number of nitrogens with zero attached hydrogens (tertiary/aromatic N) is 2. The molecule has 0 bridgehead atoms. The van der Waals surface area contributed by atoms with Gasteiger partial charge in [-0.15, -0.1) is 11.3 Å². The molecule has 0 atom stereocenters. The molecule has 0 spiro atoms. The normalized spacial score (nSPS) is 10.9. The highest BCUT2D eigenvalue weighted by Crippen LogP contribution is 2.31. The summed E-state index contributed by atoms with van der Waals surface area (Å²) in [5.41, 5.74) is 4.96. The van der Waals surface area contributed by atoms with Crippen LogP contribution in [0.15, 0.2) is 53.6 Å². The van der Waals surface area contributed by atoms with Gasteiger partial charge in [-0.2, -0.15) is 0 Å². The highest BCUT2D eigenvalue weighted by molar-refractivity contribution is 7.22. The SMILES string of the molecule is Cc1cc(C)c(NC(=O)CNC(=O)Cn2cnc3cc(-c4ccc(Cl)cc4)sc3c2=O)c(C)c1. The highest BCUT2D eigenvalue weighted by atomic mass is 35.5. The number of aryl methyl sites for hydroxylation is 3. The Labute approximate surface area is 205 Å². The van der Waals surface area contributed by atoms with Gasteiger partial charge in [0.05, 0.1) is 18.4 Å². The van der Waals surface area contributed by atoms with E-state index >= 15 is 0 Å². The third-order valence-corrected chi connectivity index (χ3v) is 6.75. The van der Waals surface area contributed by atoms with Crippen LogP contribution in [0.4, 0.5) is 5.69 Å². The summed E-state index contributed by atoms with van der Waals surface area (Å²) in [4.78, 5) is 42.9. The second kappa shape index (κ2) is 9.79. The highest BCUT2D eigenvalue weighted by Gasteiger charge is 2.14. The largest absolute Gasteiger partial charge is 0.345 e. The van der Waals surface area contributed by atoms with Gasteiger partial charge in [-0.05, 0) is 55.7 Å². The van der Waals surface area contributed by atoms with Crippen LogP contribution in [0.2, 0.25) is 5.02 Å². The fourth-order valence-electron chi connectivity index (χ4n) is 3.76. The zero-order valence-corrected chi connectivity index (χ0v) is 20.5. The van der Waals surface area contributed by atoms with Crippen molar-refractivity contribution in [2.45, 2.75) is 27.3 Å². The number of hydrogen-bond acceptors (Lipinski definition) is 5. The Morgan fingerprint density at radius 2 is 1.71 bits per heavy atom. The van der Waals surface area contributed by atoms with Gasteiger partial charge in [-0.25, -0.2) is 4.98 Å². The molecule has 0 fully saturated rings. The molecule has 34 heavy (non-hydrogen) atoms. The van der Waals surface area contributed by atoms with Crippen molar-refractivity contribution in [2.24, 2.45) is 0 Å². The van der Waals surface area contributed by atoms with Crippen molar-refractivity contribution in [1.82, 2.24) is 14.9 Å². The molecule has 0 saturated carbocycles. The number of halogens is 1. The second-order valence-electron chi connectivity index (χ2n) is 8.11. The molecule has 4 aromatic rings. The van der Waals surface area contributed by atoms with Crippen molar-refractivity contribution >= 4 is 50.7 Å². The van der Waals surface area contributed by atoms with Gasteiger partial charge in [0, 0.05) is 15.6 Å². The Kier molecular flexibility index (Phi) is 6.81. The Morgan fingerprint density at radius 3 is 2.38 bits per heavy atom. The number of rotatable bonds is 6. The zero-order valence-electron chi connectivity index (χ0n) is 18.9. The lowest BCUT2D eigenvalue weighted by Gasteiger charge is -2.13. The Bertz CT molecular complexity index is 1430. The van der Waals surface area contributed by atoms with Crippen molar-refractivity contribution in [1.29, 1.82) is 0 Å². The van der Waals surface area contributed by atoms with Crippen molar-refractivity contribution in [2.75, 3.05) is 11.9 Å². The van der Waals surface area contributed by atoms with Gasteiger partial charge in [0.1, 0.15) is 11.2 Å². The van der Waals surface area contributed by atoms with Crippen molar-refractivity contribution in [3.05, 3.63) is 80.9 Å². The van der Waals surface area contributed by atoms with E-state index < -0.39 is 5.91 Å². The number of carbonyl (C=O) groups is 2. The van der Waals surface area contributed by atoms with Crippen LogP contribution < -0.4 is 16.2 Å². The molecule has 7 nitrogen and oxygen atoms in total. The minimum absolute atomic E-state index is 0.199. The number of amides is 2. The average Bonchev–Trinajstić information content (AvgIpc) is 3.22. The summed E-state index contributed by atoms with van der Waals surface area (Å²) in [5, 5.41) is 6.04. The number of fused-ring (bicyclic) bond motifs is 1. The molecule has 0 radical (unpaired) electrons. The topological polar surface area (TPSA) is 93.1 Å². The van der Waals surface area contributed by atoms with Gasteiger partial charge in [-0.1, -0.05) is 41.4 Å². The fraction of sp³-hybridized carbons (Fsp3) is 0.200. The van der Waals surface area contributed by atoms with E-state index in [9.17, 15) is 14.4 Å². The van der Waals surface area contributed by atoms with Crippen LogP contribution in [0.3, 0.4) is 0 Å². The lowest BCUT2D eigenvalue weighted by molar-refractivity contribution is -0.124. The van der Waals surface area contributed by atoms with E-state index in [1.54, 1.807) is 12.1 Å². The number of carbonyl (C=O) groups excluding carboxylic acids is 2. The average molecular weight is 495 g/mol. The molecular formula is C25H23ClN4O3S. The molecule has 2 N–H and O–H groups in total. The first kappa shape index (κ1) is 23.7. The zero-order chi connectivity index (χ0) is 24.4. The quantitative estimate of drug-likeness (QED) is 0.414. The molecule has 2 amide bonds. The summed E-state index contributed by atoms with van der Waals surface area (Å²) in [7, 11) is 0. The number of benzene rings is 2. The van der Waals surface area contributed by atoms with Crippen LogP contribution in [-0.4, -0.2) is 27.9 Å². The van der Waals surface area contributed by atoms with E-state index in [0.717, 1.165) is 32.8 Å². The molecule has 2 heterocycles. The minimum atomic E-state index is -0.453. The van der Waals surface area contributed by atoms with E-state index in [1.165, 1.54) is 22.2 Å². The summed E-state index contributed by atoms with van der Waals surface area (Å²) in [5.74, 6) is -0.791. The second-order valence-corrected chi connectivity index (χ2v) is 9.60. The van der Waals surface area contributed by atoms with E-state index in [2.05, 4.69) is 15.6 Å².